The molecule has 2 aromatic rings. The molecule has 3 rings (SSSR count). The summed E-state index contributed by atoms with van der Waals surface area (Å²) in [4.78, 5) is 33.1. The van der Waals surface area contributed by atoms with E-state index in [4.69, 9.17) is 23.2 Å². The molecule has 0 aromatic carbocycles. The van der Waals surface area contributed by atoms with Crippen molar-refractivity contribution in [2.45, 2.75) is 12.1 Å². The number of nitrogens with zero attached hydrogens (tertiary/aromatic N) is 2. The molecule has 2 aromatic heterocycles. The first-order chi connectivity index (χ1) is 12.5. The quantitative estimate of drug-likeness (QED) is 0.788. The number of amides is 2. The minimum Gasteiger partial charge on any atom is -0.324 e. The molecular weight excluding hydrogens is 375 g/mol. The van der Waals surface area contributed by atoms with Crippen LogP contribution in [0.5, 0.6) is 0 Å². The normalized spacial score (nSPS) is 15.5. The molecule has 0 saturated heterocycles. The summed E-state index contributed by atoms with van der Waals surface area (Å²) >= 11 is 12.1. The summed E-state index contributed by atoms with van der Waals surface area (Å²) in [6.07, 6.45) is 6.36. The van der Waals surface area contributed by atoms with Gasteiger partial charge in [0.25, 0.3) is 11.8 Å². The summed E-state index contributed by atoms with van der Waals surface area (Å²) in [5, 5.41) is 6.12. The van der Waals surface area contributed by atoms with Gasteiger partial charge in [0.15, 0.2) is 0 Å². The number of hydrogen-bond donors (Lipinski definition) is 2. The number of halogens is 2. The first kappa shape index (κ1) is 18.1. The maximum absolute atomic E-state index is 12.6. The fraction of sp³-hybridized carbons (Fsp3) is 0.111. The van der Waals surface area contributed by atoms with Crippen LogP contribution in [-0.2, 0) is 0 Å². The van der Waals surface area contributed by atoms with E-state index in [1.165, 1.54) is 18.5 Å². The van der Waals surface area contributed by atoms with Gasteiger partial charge >= 0.3 is 0 Å². The summed E-state index contributed by atoms with van der Waals surface area (Å²) in [7, 11) is 0. The van der Waals surface area contributed by atoms with Gasteiger partial charge < -0.3 is 10.6 Å². The Kier molecular flexibility index (Phi) is 5.35. The monoisotopic (exact) mass is 388 g/mol. The first-order valence-electron chi connectivity index (χ1n) is 7.71. The summed E-state index contributed by atoms with van der Waals surface area (Å²) < 4.78 is 0. The van der Waals surface area contributed by atoms with Gasteiger partial charge in [-0.15, -0.1) is 0 Å². The molecule has 0 radical (unpaired) electrons. The molecule has 26 heavy (non-hydrogen) atoms. The molecule has 0 spiro atoms. The van der Waals surface area contributed by atoms with Crippen LogP contribution in [0.4, 0.5) is 0 Å². The van der Waals surface area contributed by atoms with E-state index >= 15 is 0 Å². The molecule has 6 nitrogen and oxygen atoms in total. The number of allylic oxidation sites excluding steroid dienone is 2. The Bertz CT molecular complexity index is 829. The van der Waals surface area contributed by atoms with Crippen molar-refractivity contribution in [3.05, 3.63) is 82.4 Å². The third-order valence-electron chi connectivity index (χ3n) is 3.67. The van der Waals surface area contributed by atoms with Gasteiger partial charge in [-0.1, -0.05) is 41.4 Å². The first-order valence-corrected chi connectivity index (χ1v) is 8.46. The van der Waals surface area contributed by atoms with Crippen molar-refractivity contribution < 1.29 is 9.59 Å². The lowest BCUT2D eigenvalue weighted by Crippen LogP contribution is -2.60. The smallest absolute Gasteiger partial charge is 0.271 e. The van der Waals surface area contributed by atoms with Gasteiger partial charge in [-0.05, 0) is 30.3 Å². The van der Waals surface area contributed by atoms with Crippen LogP contribution in [-0.4, -0.2) is 27.4 Å². The Balaban J connectivity index is 1.88. The predicted octanol–water partition coefficient (Wildman–Crippen LogP) is 2.98. The molecule has 1 aliphatic carbocycles. The summed E-state index contributed by atoms with van der Waals surface area (Å²) in [5.41, 5.74) is -0.827. The Morgan fingerprint density at radius 3 is 1.85 bits per heavy atom. The molecule has 0 aliphatic heterocycles. The summed E-state index contributed by atoms with van der Waals surface area (Å²) in [5.74, 6) is -0.918. The van der Waals surface area contributed by atoms with Crippen molar-refractivity contribution >= 4 is 35.0 Å². The second-order valence-corrected chi connectivity index (χ2v) is 6.37. The molecule has 0 atom stereocenters. The number of nitrogens with one attached hydrogen (secondary N) is 2. The molecule has 0 unspecified atom stereocenters. The third-order valence-corrected chi connectivity index (χ3v) is 4.44. The molecule has 0 bridgehead atoms. The van der Waals surface area contributed by atoms with Gasteiger partial charge in [0.2, 0.25) is 0 Å². The number of aromatic nitrogens is 2. The highest BCUT2D eigenvalue weighted by atomic mass is 35.5. The van der Waals surface area contributed by atoms with Gasteiger partial charge in [0.1, 0.15) is 17.1 Å². The van der Waals surface area contributed by atoms with Crippen LogP contribution in [0.25, 0.3) is 0 Å². The van der Waals surface area contributed by atoms with Crippen molar-refractivity contribution in [3.63, 3.8) is 0 Å². The molecule has 0 fully saturated rings. The van der Waals surface area contributed by atoms with E-state index in [0.29, 0.717) is 5.03 Å². The maximum atomic E-state index is 12.6. The number of carbonyl (C=O) groups excluding carboxylic acids is 2. The van der Waals surface area contributed by atoms with Crippen molar-refractivity contribution in [2.24, 2.45) is 0 Å². The van der Waals surface area contributed by atoms with Crippen molar-refractivity contribution in [1.29, 1.82) is 0 Å². The fourth-order valence-corrected chi connectivity index (χ4v) is 2.82. The van der Waals surface area contributed by atoms with Crippen LogP contribution in [0.1, 0.15) is 27.4 Å². The Labute approximate surface area is 159 Å². The van der Waals surface area contributed by atoms with E-state index in [1.807, 2.05) is 0 Å². The van der Waals surface area contributed by atoms with Crippen LogP contribution in [0.3, 0.4) is 0 Å². The van der Waals surface area contributed by atoms with Crippen molar-refractivity contribution in [2.75, 3.05) is 0 Å². The molecule has 2 heterocycles. The highest BCUT2D eigenvalue weighted by Gasteiger charge is 2.35. The minimum absolute atomic E-state index is 0.212. The molecule has 2 N–H and O–H groups in total. The molecule has 2 amide bonds. The predicted molar refractivity (Wildman–Crippen MR) is 98.6 cm³/mol. The molecule has 8 heteroatoms. The average molecular weight is 389 g/mol. The van der Waals surface area contributed by atoms with Gasteiger partial charge in [-0.3, -0.25) is 19.6 Å². The second kappa shape index (κ2) is 7.68. The number of carbonyl (C=O) groups is 2. The highest BCUT2D eigenvalue weighted by Crippen LogP contribution is 2.30. The lowest BCUT2D eigenvalue weighted by Gasteiger charge is -2.34. The largest absolute Gasteiger partial charge is 0.324 e. The van der Waals surface area contributed by atoms with Gasteiger partial charge in [-0.25, -0.2) is 0 Å². The van der Waals surface area contributed by atoms with Crippen LogP contribution in [0.2, 0.25) is 0 Å². The van der Waals surface area contributed by atoms with Gasteiger partial charge in [0.05, 0.1) is 10.1 Å². The van der Waals surface area contributed by atoms with Crippen molar-refractivity contribution in [1.82, 2.24) is 20.6 Å². The molecule has 132 valence electrons. The highest BCUT2D eigenvalue weighted by molar-refractivity contribution is 6.44. The van der Waals surface area contributed by atoms with Crippen LogP contribution in [0, 0.1) is 0 Å². The molecular formula is C18H14Cl2N4O2. The molecule has 1 aliphatic rings. The standard InChI is InChI=1S/C18H14Cl2N4O2/c19-12-7-8-18(11-13(12)20,23-16(25)14-5-1-3-9-21-14)24-17(26)15-6-2-4-10-22-15/h1-7,9-11H,8H2,(H,23,25)(H,24,26). The Hall–Kier alpha value is -2.70. The van der Waals surface area contributed by atoms with Crippen LogP contribution >= 0.6 is 23.2 Å². The average Bonchev–Trinajstić information content (AvgIpc) is 2.66. The van der Waals surface area contributed by atoms with Crippen LogP contribution < -0.4 is 10.6 Å². The van der Waals surface area contributed by atoms with E-state index in [1.54, 1.807) is 42.5 Å². The van der Waals surface area contributed by atoms with E-state index in [9.17, 15) is 9.59 Å². The SMILES string of the molecule is O=C(NC1(NC(=O)c2ccccn2)C=C(Cl)C(Cl)=CC1)c1ccccn1. The second-order valence-electron chi connectivity index (χ2n) is 5.56. The van der Waals surface area contributed by atoms with Gasteiger partial charge in [0, 0.05) is 18.8 Å². The number of hydrogen-bond acceptors (Lipinski definition) is 4. The third kappa shape index (κ3) is 4.09. The van der Waals surface area contributed by atoms with Crippen molar-refractivity contribution in [3.8, 4) is 0 Å². The Morgan fingerprint density at radius 2 is 1.42 bits per heavy atom. The van der Waals surface area contributed by atoms with E-state index in [-0.39, 0.29) is 22.8 Å². The van der Waals surface area contributed by atoms with Gasteiger partial charge in [-0.2, -0.15) is 0 Å². The minimum atomic E-state index is -1.25. The van der Waals surface area contributed by atoms with E-state index < -0.39 is 17.5 Å². The summed E-state index contributed by atoms with van der Waals surface area (Å²) in [6, 6.07) is 9.94. The zero-order chi connectivity index (χ0) is 18.6. The van der Waals surface area contributed by atoms with E-state index in [2.05, 4.69) is 20.6 Å². The fourth-order valence-electron chi connectivity index (χ4n) is 2.43. The van der Waals surface area contributed by atoms with E-state index in [0.717, 1.165) is 0 Å². The molecule has 0 saturated carbocycles. The lowest BCUT2D eigenvalue weighted by molar-refractivity contribution is 0.0836. The number of rotatable bonds is 4. The Morgan fingerprint density at radius 1 is 0.885 bits per heavy atom. The number of pyridine rings is 2. The zero-order valence-electron chi connectivity index (χ0n) is 13.4. The summed E-state index contributed by atoms with van der Waals surface area (Å²) in [6.45, 7) is 0. The topological polar surface area (TPSA) is 84.0 Å². The zero-order valence-corrected chi connectivity index (χ0v) is 15.0. The maximum Gasteiger partial charge on any atom is 0.271 e. The lowest BCUT2D eigenvalue weighted by atomic mass is 9.99. The van der Waals surface area contributed by atoms with Crippen LogP contribution in [0.15, 0.2) is 71.0 Å².